The van der Waals surface area contributed by atoms with Crippen LogP contribution < -0.4 is 19.8 Å². The fourth-order valence-electron chi connectivity index (χ4n) is 2.56. The summed E-state index contributed by atoms with van der Waals surface area (Å²) in [6, 6.07) is 11.6. The molecule has 0 saturated carbocycles. The van der Waals surface area contributed by atoms with Crippen molar-refractivity contribution in [3.05, 3.63) is 52.9 Å². The van der Waals surface area contributed by atoms with Gasteiger partial charge >= 0.3 is 11.6 Å². The highest BCUT2D eigenvalue weighted by Gasteiger charge is 2.16. The molecular weight excluding hydrogens is 372 g/mol. The summed E-state index contributed by atoms with van der Waals surface area (Å²) >= 11 is 5.69. The number of esters is 1. The van der Waals surface area contributed by atoms with E-state index in [-0.39, 0.29) is 5.75 Å². The Morgan fingerprint density at radius 3 is 2.41 bits per heavy atom. The number of carbonyl (C=O) groups is 1. The molecule has 0 saturated heterocycles. The first-order valence-electron chi connectivity index (χ1n) is 8.09. The Bertz CT molecular complexity index is 1050. The summed E-state index contributed by atoms with van der Waals surface area (Å²) in [5.41, 5.74) is 0.686. The predicted octanol–water partition coefficient (Wildman–Crippen LogP) is 4.01. The standard InChI is InChI=1S/C20H17ClO6/c1-11(21)19(22)26-14-5-4-12-8-16(20(23)27-17(12)10-14)15-7-6-13(24-2)9-18(15)25-3/h4-11H,1-3H3. The van der Waals surface area contributed by atoms with Gasteiger partial charge in [0.2, 0.25) is 0 Å². The van der Waals surface area contributed by atoms with Gasteiger partial charge in [0.1, 0.15) is 28.2 Å². The SMILES string of the molecule is COc1ccc(-c2cc3ccc(OC(=O)C(C)Cl)cc3oc2=O)c(OC)c1. The summed E-state index contributed by atoms with van der Waals surface area (Å²) in [7, 11) is 3.06. The van der Waals surface area contributed by atoms with Gasteiger partial charge in [0, 0.05) is 23.1 Å². The van der Waals surface area contributed by atoms with E-state index in [1.165, 1.54) is 20.1 Å². The Labute approximate surface area is 160 Å². The molecule has 3 aromatic rings. The van der Waals surface area contributed by atoms with Gasteiger partial charge in [-0.1, -0.05) is 0 Å². The maximum absolute atomic E-state index is 12.5. The molecular formula is C20H17ClO6. The molecule has 0 aliphatic carbocycles. The van der Waals surface area contributed by atoms with Crippen LogP contribution in [0.1, 0.15) is 6.92 Å². The van der Waals surface area contributed by atoms with Gasteiger partial charge in [0.25, 0.3) is 0 Å². The number of halogens is 1. The predicted molar refractivity (Wildman–Crippen MR) is 102 cm³/mol. The molecule has 1 heterocycles. The van der Waals surface area contributed by atoms with Crippen LogP contribution in [-0.4, -0.2) is 25.6 Å². The van der Waals surface area contributed by atoms with Crippen LogP contribution in [0.2, 0.25) is 0 Å². The zero-order valence-corrected chi connectivity index (χ0v) is 15.7. The van der Waals surface area contributed by atoms with Crippen molar-refractivity contribution in [3.63, 3.8) is 0 Å². The van der Waals surface area contributed by atoms with Crippen LogP contribution >= 0.6 is 11.6 Å². The molecule has 1 atom stereocenters. The van der Waals surface area contributed by atoms with Gasteiger partial charge < -0.3 is 18.6 Å². The van der Waals surface area contributed by atoms with Crippen molar-refractivity contribution >= 4 is 28.5 Å². The summed E-state index contributed by atoms with van der Waals surface area (Å²) in [5.74, 6) is 0.763. The molecule has 140 valence electrons. The van der Waals surface area contributed by atoms with Gasteiger partial charge in [0.05, 0.1) is 19.8 Å². The van der Waals surface area contributed by atoms with Crippen LogP contribution in [0.3, 0.4) is 0 Å². The van der Waals surface area contributed by atoms with E-state index in [2.05, 4.69) is 0 Å². The maximum Gasteiger partial charge on any atom is 0.344 e. The lowest BCUT2D eigenvalue weighted by atomic mass is 10.0. The largest absolute Gasteiger partial charge is 0.497 e. The van der Waals surface area contributed by atoms with Gasteiger partial charge in [-0.05, 0) is 37.3 Å². The van der Waals surface area contributed by atoms with Crippen molar-refractivity contribution in [3.8, 4) is 28.4 Å². The Balaban J connectivity index is 2.06. The molecule has 1 aromatic heterocycles. The lowest BCUT2D eigenvalue weighted by Gasteiger charge is -2.10. The maximum atomic E-state index is 12.5. The van der Waals surface area contributed by atoms with Crippen LogP contribution in [0.15, 0.2) is 51.7 Å². The Morgan fingerprint density at radius 2 is 1.74 bits per heavy atom. The molecule has 0 aliphatic heterocycles. The normalized spacial score (nSPS) is 11.9. The highest BCUT2D eigenvalue weighted by atomic mass is 35.5. The number of alkyl halides is 1. The molecule has 0 bridgehead atoms. The van der Waals surface area contributed by atoms with E-state index in [1.807, 2.05) is 0 Å². The molecule has 0 spiro atoms. The van der Waals surface area contributed by atoms with E-state index in [0.717, 1.165) is 0 Å². The second-order valence-electron chi connectivity index (χ2n) is 5.75. The molecule has 0 N–H and O–H groups in total. The third-order valence-corrected chi connectivity index (χ3v) is 4.13. The first-order chi connectivity index (χ1) is 12.9. The number of hydrogen-bond donors (Lipinski definition) is 0. The van der Waals surface area contributed by atoms with Gasteiger partial charge in [-0.15, -0.1) is 11.6 Å². The molecule has 2 aromatic carbocycles. The summed E-state index contributed by atoms with van der Waals surface area (Å²) < 4.78 is 21.1. The van der Waals surface area contributed by atoms with Crippen molar-refractivity contribution in [1.82, 2.24) is 0 Å². The topological polar surface area (TPSA) is 75.0 Å². The third kappa shape index (κ3) is 3.90. The van der Waals surface area contributed by atoms with Gasteiger partial charge in [-0.3, -0.25) is 4.79 Å². The van der Waals surface area contributed by atoms with Crippen molar-refractivity contribution in [2.45, 2.75) is 12.3 Å². The highest BCUT2D eigenvalue weighted by Crippen LogP contribution is 2.33. The average molecular weight is 389 g/mol. The number of carbonyl (C=O) groups excluding carboxylic acids is 1. The van der Waals surface area contributed by atoms with Crippen LogP contribution in [0.25, 0.3) is 22.1 Å². The number of hydrogen-bond acceptors (Lipinski definition) is 6. The smallest absolute Gasteiger partial charge is 0.344 e. The van der Waals surface area contributed by atoms with Crippen molar-refractivity contribution in [2.24, 2.45) is 0 Å². The van der Waals surface area contributed by atoms with Gasteiger partial charge in [-0.25, -0.2) is 4.79 Å². The number of ether oxygens (including phenoxy) is 3. The average Bonchev–Trinajstić information content (AvgIpc) is 2.66. The van der Waals surface area contributed by atoms with E-state index in [1.54, 1.807) is 43.5 Å². The molecule has 0 amide bonds. The van der Waals surface area contributed by atoms with Crippen LogP contribution in [0, 0.1) is 0 Å². The van der Waals surface area contributed by atoms with Crippen LogP contribution in [0.5, 0.6) is 17.2 Å². The number of fused-ring (bicyclic) bond motifs is 1. The van der Waals surface area contributed by atoms with Crippen molar-refractivity contribution in [2.75, 3.05) is 14.2 Å². The van der Waals surface area contributed by atoms with E-state index in [0.29, 0.717) is 33.6 Å². The first kappa shape index (κ1) is 18.8. The summed E-state index contributed by atoms with van der Waals surface area (Å²) in [4.78, 5) is 24.1. The third-order valence-electron chi connectivity index (χ3n) is 3.95. The van der Waals surface area contributed by atoms with Crippen molar-refractivity contribution < 1.29 is 23.4 Å². The number of methoxy groups -OCH3 is 2. The lowest BCUT2D eigenvalue weighted by molar-refractivity contribution is -0.133. The van der Waals surface area contributed by atoms with E-state index in [9.17, 15) is 9.59 Å². The fraction of sp³-hybridized carbons (Fsp3) is 0.200. The van der Waals surface area contributed by atoms with Crippen LogP contribution in [-0.2, 0) is 4.79 Å². The molecule has 0 fully saturated rings. The zero-order chi connectivity index (χ0) is 19.6. The Morgan fingerprint density at radius 1 is 1.00 bits per heavy atom. The fourth-order valence-corrected chi connectivity index (χ4v) is 2.61. The molecule has 1 unspecified atom stereocenters. The highest BCUT2D eigenvalue weighted by molar-refractivity contribution is 6.29. The number of rotatable bonds is 5. The van der Waals surface area contributed by atoms with Crippen molar-refractivity contribution in [1.29, 1.82) is 0 Å². The van der Waals surface area contributed by atoms with Crippen LogP contribution in [0.4, 0.5) is 0 Å². The molecule has 3 rings (SSSR count). The van der Waals surface area contributed by atoms with Gasteiger partial charge in [0.15, 0.2) is 0 Å². The van der Waals surface area contributed by atoms with E-state index >= 15 is 0 Å². The number of benzene rings is 2. The zero-order valence-electron chi connectivity index (χ0n) is 14.9. The lowest BCUT2D eigenvalue weighted by Crippen LogP contribution is -2.17. The summed E-state index contributed by atoms with van der Waals surface area (Å²) in [5, 5.41) is -0.112. The van der Waals surface area contributed by atoms with Gasteiger partial charge in [-0.2, -0.15) is 0 Å². The van der Waals surface area contributed by atoms with E-state index < -0.39 is 17.0 Å². The molecule has 6 nitrogen and oxygen atoms in total. The minimum Gasteiger partial charge on any atom is -0.497 e. The summed E-state index contributed by atoms with van der Waals surface area (Å²) in [6.07, 6.45) is 0. The second kappa shape index (κ2) is 7.72. The molecule has 0 aliphatic rings. The quantitative estimate of drug-likeness (QED) is 0.284. The second-order valence-corrected chi connectivity index (χ2v) is 6.41. The van der Waals surface area contributed by atoms with E-state index in [4.69, 9.17) is 30.2 Å². The minimum atomic E-state index is -0.780. The first-order valence-corrected chi connectivity index (χ1v) is 8.52. The molecule has 0 radical (unpaired) electrons. The monoisotopic (exact) mass is 388 g/mol. The summed E-state index contributed by atoms with van der Waals surface area (Å²) in [6.45, 7) is 1.51. The minimum absolute atomic E-state index is 0.248. The Hall–Kier alpha value is -2.99. The molecule has 7 heteroatoms. The molecule has 27 heavy (non-hydrogen) atoms. The Kier molecular flexibility index (Phi) is 5.37.